The molecular formula is C23H25NO4S. The lowest BCUT2D eigenvalue weighted by atomic mass is 9.96. The van der Waals surface area contributed by atoms with E-state index in [0.717, 1.165) is 4.90 Å². The van der Waals surface area contributed by atoms with Crippen LogP contribution >= 0.6 is 11.8 Å². The smallest absolute Gasteiger partial charge is 0.309 e. The van der Waals surface area contributed by atoms with Gasteiger partial charge in [0.25, 0.3) is 5.91 Å². The number of hydrogen-bond acceptors (Lipinski definition) is 5. The van der Waals surface area contributed by atoms with Crippen LogP contribution in [0.25, 0.3) is 0 Å². The van der Waals surface area contributed by atoms with Crippen LogP contribution in [0.15, 0.2) is 59.5 Å². The molecule has 1 aliphatic heterocycles. The van der Waals surface area contributed by atoms with Crippen LogP contribution in [0.4, 0.5) is 0 Å². The molecule has 3 rings (SSSR count). The van der Waals surface area contributed by atoms with Crippen LogP contribution in [0.1, 0.15) is 40.5 Å². The Morgan fingerprint density at radius 2 is 1.69 bits per heavy atom. The molecule has 2 aromatic rings. The summed E-state index contributed by atoms with van der Waals surface area (Å²) in [4.78, 5) is 39.7. The van der Waals surface area contributed by atoms with Gasteiger partial charge in [-0.15, -0.1) is 11.8 Å². The van der Waals surface area contributed by atoms with Gasteiger partial charge in [-0.2, -0.15) is 0 Å². The Morgan fingerprint density at radius 3 is 2.38 bits per heavy atom. The number of piperidine rings is 1. The van der Waals surface area contributed by atoms with Crippen LogP contribution < -0.4 is 0 Å². The van der Waals surface area contributed by atoms with E-state index in [1.54, 1.807) is 17.9 Å². The lowest BCUT2D eigenvalue weighted by Crippen LogP contribution is -2.40. The van der Waals surface area contributed by atoms with Crippen molar-refractivity contribution in [2.45, 2.75) is 24.7 Å². The maximum atomic E-state index is 12.8. The fraction of sp³-hybridized carbons (Fsp3) is 0.348. The largest absolute Gasteiger partial charge is 0.466 e. The van der Waals surface area contributed by atoms with Crippen molar-refractivity contribution in [1.82, 2.24) is 4.90 Å². The zero-order valence-corrected chi connectivity index (χ0v) is 17.3. The summed E-state index contributed by atoms with van der Waals surface area (Å²) in [5.41, 5.74) is 1.30. The normalized spacial score (nSPS) is 14.4. The first-order valence-electron chi connectivity index (χ1n) is 9.85. The van der Waals surface area contributed by atoms with E-state index in [1.165, 1.54) is 11.8 Å². The Hall–Kier alpha value is -2.60. The van der Waals surface area contributed by atoms with Gasteiger partial charge in [0.2, 0.25) is 0 Å². The number of Topliss-reactive ketones (excluding diaryl/α,β-unsaturated/α-hetero) is 1. The molecule has 2 aromatic carbocycles. The molecule has 152 valence electrons. The number of nitrogens with zero attached hydrogens (tertiary/aromatic N) is 1. The summed E-state index contributed by atoms with van der Waals surface area (Å²) in [6.07, 6.45) is 1.26. The van der Waals surface area contributed by atoms with E-state index < -0.39 is 0 Å². The highest BCUT2D eigenvalue weighted by atomic mass is 32.2. The molecule has 0 saturated carbocycles. The van der Waals surface area contributed by atoms with Crippen molar-refractivity contribution in [1.29, 1.82) is 0 Å². The second kappa shape index (κ2) is 10.3. The van der Waals surface area contributed by atoms with Crippen molar-refractivity contribution < 1.29 is 19.1 Å². The van der Waals surface area contributed by atoms with Crippen molar-refractivity contribution in [2.75, 3.05) is 25.4 Å². The minimum Gasteiger partial charge on any atom is -0.466 e. The molecule has 1 aliphatic rings. The molecule has 0 N–H and O–H groups in total. The van der Waals surface area contributed by atoms with E-state index in [2.05, 4.69) is 0 Å². The molecule has 1 amide bonds. The fourth-order valence-electron chi connectivity index (χ4n) is 3.34. The summed E-state index contributed by atoms with van der Waals surface area (Å²) in [5, 5.41) is 0. The van der Waals surface area contributed by atoms with Crippen molar-refractivity contribution >= 4 is 29.4 Å². The van der Waals surface area contributed by atoms with Crippen molar-refractivity contribution in [3.63, 3.8) is 0 Å². The highest BCUT2D eigenvalue weighted by molar-refractivity contribution is 8.00. The van der Waals surface area contributed by atoms with Gasteiger partial charge in [-0.3, -0.25) is 14.4 Å². The summed E-state index contributed by atoms with van der Waals surface area (Å²) in [6.45, 7) is 3.28. The molecule has 0 atom stereocenters. The molecule has 0 aromatic heterocycles. The van der Waals surface area contributed by atoms with Crippen molar-refractivity contribution in [3.05, 3.63) is 65.7 Å². The summed E-state index contributed by atoms with van der Waals surface area (Å²) in [7, 11) is 0. The third kappa shape index (κ3) is 5.70. The number of carbonyl (C=O) groups is 3. The molecule has 1 heterocycles. The van der Waals surface area contributed by atoms with Gasteiger partial charge in [-0.25, -0.2) is 0 Å². The Labute approximate surface area is 175 Å². The van der Waals surface area contributed by atoms with Crippen LogP contribution in [0, 0.1) is 5.92 Å². The lowest BCUT2D eigenvalue weighted by Gasteiger charge is -2.31. The standard InChI is InChI=1S/C23H25NO4S/c1-2-28-23(27)18-11-13-24(14-12-18)22(26)19-9-6-10-20(15-19)29-16-21(25)17-7-4-3-5-8-17/h3-10,15,18H,2,11-14,16H2,1H3. The molecule has 0 bridgehead atoms. The summed E-state index contributed by atoms with van der Waals surface area (Å²) < 4.78 is 5.08. The zero-order chi connectivity index (χ0) is 20.6. The first-order valence-corrected chi connectivity index (χ1v) is 10.8. The van der Waals surface area contributed by atoms with Gasteiger partial charge in [0.1, 0.15) is 0 Å². The van der Waals surface area contributed by atoms with Crippen molar-refractivity contribution in [2.24, 2.45) is 5.92 Å². The number of benzene rings is 2. The van der Waals surface area contributed by atoms with Gasteiger partial charge in [0.15, 0.2) is 5.78 Å². The number of rotatable bonds is 7. The average molecular weight is 412 g/mol. The number of ether oxygens (including phenoxy) is 1. The number of ketones is 1. The maximum absolute atomic E-state index is 12.8. The van der Waals surface area contributed by atoms with Gasteiger partial charge in [0.05, 0.1) is 18.3 Å². The molecule has 1 fully saturated rings. The predicted octanol–water partition coefficient (Wildman–Crippen LogP) is 4.08. The van der Waals surface area contributed by atoms with Crippen molar-refractivity contribution in [3.8, 4) is 0 Å². The summed E-state index contributed by atoms with van der Waals surface area (Å²) in [5.74, 6) is 0.0653. The molecule has 6 heteroatoms. The predicted molar refractivity (Wildman–Crippen MR) is 113 cm³/mol. The topological polar surface area (TPSA) is 63.7 Å². The van der Waals surface area contributed by atoms with Gasteiger partial charge in [0, 0.05) is 29.1 Å². The average Bonchev–Trinajstić information content (AvgIpc) is 2.78. The first-order chi connectivity index (χ1) is 14.1. The molecule has 0 aliphatic carbocycles. The molecule has 0 radical (unpaired) electrons. The Bertz CT molecular complexity index is 860. The van der Waals surface area contributed by atoms with E-state index in [0.29, 0.717) is 49.4 Å². The van der Waals surface area contributed by atoms with Crippen LogP contribution in [-0.2, 0) is 9.53 Å². The second-order valence-corrected chi connectivity index (χ2v) is 7.97. The van der Waals surface area contributed by atoms with Crippen LogP contribution in [0.3, 0.4) is 0 Å². The monoisotopic (exact) mass is 411 g/mol. The van der Waals surface area contributed by atoms with Crippen LogP contribution in [0.2, 0.25) is 0 Å². The van der Waals surface area contributed by atoms with E-state index in [4.69, 9.17) is 4.74 Å². The fourth-order valence-corrected chi connectivity index (χ4v) is 4.19. The zero-order valence-electron chi connectivity index (χ0n) is 16.5. The van der Waals surface area contributed by atoms with E-state index in [9.17, 15) is 14.4 Å². The third-order valence-corrected chi connectivity index (χ3v) is 5.94. The molecule has 1 saturated heterocycles. The van der Waals surface area contributed by atoms with Crippen LogP contribution in [-0.4, -0.2) is 48.0 Å². The number of thioether (sulfide) groups is 1. The highest BCUT2D eigenvalue weighted by Crippen LogP contribution is 2.24. The minimum atomic E-state index is -0.166. The summed E-state index contributed by atoms with van der Waals surface area (Å²) in [6, 6.07) is 16.6. The number of carbonyl (C=O) groups excluding carboxylic acids is 3. The van der Waals surface area contributed by atoms with E-state index in [1.807, 2.05) is 48.5 Å². The Morgan fingerprint density at radius 1 is 1.00 bits per heavy atom. The number of esters is 1. The number of amides is 1. The van der Waals surface area contributed by atoms with E-state index >= 15 is 0 Å². The SMILES string of the molecule is CCOC(=O)C1CCN(C(=O)c2cccc(SCC(=O)c3ccccc3)c2)CC1. The van der Waals surface area contributed by atoms with Gasteiger partial charge >= 0.3 is 5.97 Å². The molecular weight excluding hydrogens is 386 g/mol. The first kappa shape index (κ1) is 21.1. The maximum Gasteiger partial charge on any atom is 0.309 e. The Balaban J connectivity index is 1.56. The quantitative estimate of drug-likeness (QED) is 0.390. The Kier molecular flexibility index (Phi) is 7.47. The highest BCUT2D eigenvalue weighted by Gasteiger charge is 2.28. The molecule has 0 spiro atoms. The van der Waals surface area contributed by atoms with Crippen LogP contribution in [0.5, 0.6) is 0 Å². The number of likely N-dealkylation sites (tertiary alicyclic amines) is 1. The lowest BCUT2D eigenvalue weighted by molar-refractivity contribution is -0.149. The molecule has 5 nitrogen and oxygen atoms in total. The van der Waals surface area contributed by atoms with E-state index in [-0.39, 0.29) is 23.6 Å². The number of hydrogen-bond donors (Lipinski definition) is 0. The van der Waals surface area contributed by atoms with Gasteiger partial charge in [-0.1, -0.05) is 36.4 Å². The van der Waals surface area contributed by atoms with Gasteiger partial charge < -0.3 is 9.64 Å². The summed E-state index contributed by atoms with van der Waals surface area (Å²) >= 11 is 1.43. The second-order valence-electron chi connectivity index (χ2n) is 6.92. The molecule has 29 heavy (non-hydrogen) atoms. The van der Waals surface area contributed by atoms with Gasteiger partial charge in [-0.05, 0) is 38.0 Å². The minimum absolute atomic E-state index is 0.0378. The third-order valence-electron chi connectivity index (χ3n) is 4.95. The molecule has 0 unspecified atom stereocenters.